The molecule has 0 spiro atoms. The summed E-state index contributed by atoms with van der Waals surface area (Å²) in [5.41, 5.74) is 0.665. The molecular weight excluding hydrogens is 441 g/mol. The van der Waals surface area contributed by atoms with E-state index in [1.165, 1.54) is 17.0 Å². The fraction of sp³-hybridized carbons (Fsp3) is 0.520. The Hall–Kier alpha value is -2.61. The summed E-state index contributed by atoms with van der Waals surface area (Å²) in [6, 6.07) is 7.50. The van der Waals surface area contributed by atoms with Crippen molar-refractivity contribution >= 4 is 23.3 Å². The maximum Gasteiger partial charge on any atom is 0.318 e. The van der Waals surface area contributed by atoms with E-state index < -0.39 is 5.54 Å². The first-order valence-corrected chi connectivity index (χ1v) is 12.2. The maximum absolute atomic E-state index is 13.6. The molecular formula is C25H34FN3O3S. The Kier molecular flexibility index (Phi) is 8.00. The molecule has 8 heteroatoms. The van der Waals surface area contributed by atoms with E-state index >= 15 is 0 Å². The van der Waals surface area contributed by atoms with Gasteiger partial charge < -0.3 is 19.9 Å². The van der Waals surface area contributed by atoms with E-state index in [1.807, 2.05) is 46.1 Å². The van der Waals surface area contributed by atoms with Gasteiger partial charge in [0.05, 0.1) is 6.04 Å². The summed E-state index contributed by atoms with van der Waals surface area (Å²) in [6.07, 6.45) is 0.771. The predicted molar refractivity (Wildman–Crippen MR) is 129 cm³/mol. The van der Waals surface area contributed by atoms with Gasteiger partial charge in [-0.15, -0.1) is 11.3 Å². The highest BCUT2D eigenvalue weighted by Gasteiger charge is 2.34. The second kappa shape index (κ2) is 10.5. The fourth-order valence-electron chi connectivity index (χ4n) is 3.92. The zero-order chi connectivity index (χ0) is 24.2. The number of amides is 3. The number of carbonyl (C=O) groups excluding carboxylic acids is 2. The standard InChI is InChI=1S/C25H34FN3O3S/c1-17(2)14-28(24(31)27-25(3,4)5)15-23(30)29-11-9-22-20(10-12-33-22)21(29)16-32-19-8-6-7-18(26)13-19/h6-8,10,12-13,17,21H,9,11,14-16H2,1-5H3,(H,27,31). The molecule has 1 atom stereocenters. The first-order valence-electron chi connectivity index (χ1n) is 11.3. The number of ether oxygens (including phenoxy) is 1. The number of nitrogens with zero attached hydrogens (tertiary/aromatic N) is 2. The lowest BCUT2D eigenvalue weighted by Crippen LogP contribution is -2.53. The smallest absolute Gasteiger partial charge is 0.318 e. The average molecular weight is 476 g/mol. The average Bonchev–Trinajstić information content (AvgIpc) is 3.19. The number of halogens is 1. The van der Waals surface area contributed by atoms with E-state index in [0.717, 1.165) is 12.0 Å². The predicted octanol–water partition coefficient (Wildman–Crippen LogP) is 4.86. The van der Waals surface area contributed by atoms with Crippen molar-refractivity contribution in [2.75, 3.05) is 26.2 Å². The van der Waals surface area contributed by atoms with Crippen LogP contribution in [0, 0.1) is 11.7 Å². The lowest BCUT2D eigenvalue weighted by molar-refractivity contribution is -0.135. The third-order valence-electron chi connectivity index (χ3n) is 5.30. The van der Waals surface area contributed by atoms with Crippen LogP contribution in [-0.4, -0.2) is 53.5 Å². The molecule has 1 aromatic heterocycles. The lowest BCUT2D eigenvalue weighted by atomic mass is 10.0. The van der Waals surface area contributed by atoms with Crippen LogP contribution in [0.5, 0.6) is 5.75 Å². The molecule has 1 aromatic carbocycles. The number of thiophene rings is 1. The van der Waals surface area contributed by atoms with Crippen LogP contribution < -0.4 is 10.1 Å². The van der Waals surface area contributed by atoms with Gasteiger partial charge in [0.1, 0.15) is 24.7 Å². The number of nitrogens with one attached hydrogen (secondary N) is 1. The van der Waals surface area contributed by atoms with Gasteiger partial charge in [0.15, 0.2) is 0 Å². The molecule has 0 saturated carbocycles. The maximum atomic E-state index is 13.6. The minimum absolute atomic E-state index is 0.00394. The number of fused-ring (bicyclic) bond motifs is 1. The molecule has 3 rings (SSSR count). The van der Waals surface area contributed by atoms with Gasteiger partial charge in [0.2, 0.25) is 5.91 Å². The van der Waals surface area contributed by atoms with Crippen LogP contribution in [0.4, 0.5) is 9.18 Å². The molecule has 1 N–H and O–H groups in total. The third-order valence-corrected chi connectivity index (χ3v) is 6.30. The molecule has 0 bridgehead atoms. The highest BCUT2D eigenvalue weighted by molar-refractivity contribution is 7.10. The van der Waals surface area contributed by atoms with Crippen molar-refractivity contribution in [1.82, 2.24) is 15.1 Å². The Balaban J connectivity index is 1.77. The van der Waals surface area contributed by atoms with Gasteiger partial charge in [0.25, 0.3) is 0 Å². The fourth-order valence-corrected chi connectivity index (χ4v) is 4.85. The summed E-state index contributed by atoms with van der Waals surface area (Å²) in [7, 11) is 0. The largest absolute Gasteiger partial charge is 0.491 e. The highest BCUT2D eigenvalue weighted by atomic mass is 32.1. The van der Waals surface area contributed by atoms with Crippen molar-refractivity contribution in [1.29, 1.82) is 0 Å². The van der Waals surface area contributed by atoms with Crippen molar-refractivity contribution in [3.63, 3.8) is 0 Å². The van der Waals surface area contributed by atoms with Crippen molar-refractivity contribution in [2.24, 2.45) is 5.92 Å². The SMILES string of the molecule is CC(C)CN(CC(=O)N1CCc2sccc2C1COc1cccc(F)c1)C(=O)NC(C)(C)C. The third kappa shape index (κ3) is 6.93. The van der Waals surface area contributed by atoms with Crippen LogP contribution in [0.25, 0.3) is 0 Å². The minimum atomic E-state index is -0.395. The van der Waals surface area contributed by atoms with E-state index in [-0.39, 0.29) is 42.9 Å². The van der Waals surface area contributed by atoms with E-state index in [1.54, 1.807) is 33.3 Å². The first-order chi connectivity index (χ1) is 15.5. The molecule has 33 heavy (non-hydrogen) atoms. The molecule has 2 aromatic rings. The second-order valence-electron chi connectivity index (χ2n) is 9.87. The van der Waals surface area contributed by atoms with Crippen LogP contribution in [0.15, 0.2) is 35.7 Å². The Morgan fingerprint density at radius 1 is 1.30 bits per heavy atom. The molecule has 0 aliphatic carbocycles. The van der Waals surface area contributed by atoms with Crippen molar-refractivity contribution < 1.29 is 18.7 Å². The normalized spacial score (nSPS) is 15.8. The monoisotopic (exact) mass is 475 g/mol. The van der Waals surface area contributed by atoms with Gasteiger partial charge >= 0.3 is 6.03 Å². The van der Waals surface area contributed by atoms with E-state index in [9.17, 15) is 14.0 Å². The molecule has 3 amide bonds. The summed E-state index contributed by atoms with van der Waals surface area (Å²) >= 11 is 1.67. The summed E-state index contributed by atoms with van der Waals surface area (Å²) in [5, 5.41) is 4.99. The van der Waals surface area contributed by atoms with Crippen LogP contribution in [0.1, 0.15) is 51.1 Å². The van der Waals surface area contributed by atoms with Gasteiger partial charge in [-0.3, -0.25) is 4.79 Å². The van der Waals surface area contributed by atoms with Crippen molar-refractivity contribution in [3.05, 3.63) is 52.0 Å². The van der Waals surface area contributed by atoms with Gasteiger partial charge in [-0.2, -0.15) is 0 Å². The zero-order valence-corrected chi connectivity index (χ0v) is 20.9. The Labute approximate surface area is 199 Å². The topological polar surface area (TPSA) is 61.9 Å². The number of hydrogen-bond acceptors (Lipinski definition) is 4. The van der Waals surface area contributed by atoms with Gasteiger partial charge in [0, 0.05) is 29.6 Å². The molecule has 1 aliphatic heterocycles. The van der Waals surface area contributed by atoms with Crippen molar-refractivity contribution in [3.8, 4) is 5.75 Å². The van der Waals surface area contributed by atoms with Gasteiger partial charge in [-0.1, -0.05) is 19.9 Å². The van der Waals surface area contributed by atoms with Crippen LogP contribution in [-0.2, 0) is 11.2 Å². The van der Waals surface area contributed by atoms with Crippen molar-refractivity contribution in [2.45, 2.75) is 52.6 Å². The summed E-state index contributed by atoms with van der Waals surface area (Å²) in [5.74, 6) is 0.162. The molecule has 1 aliphatic rings. The summed E-state index contributed by atoms with van der Waals surface area (Å²) < 4.78 is 19.5. The number of urea groups is 1. The van der Waals surface area contributed by atoms with Gasteiger partial charge in [-0.25, -0.2) is 9.18 Å². The molecule has 180 valence electrons. The molecule has 1 unspecified atom stereocenters. The minimum Gasteiger partial charge on any atom is -0.491 e. The van der Waals surface area contributed by atoms with E-state index in [0.29, 0.717) is 18.8 Å². The first kappa shape index (κ1) is 25.0. The number of carbonyl (C=O) groups is 2. The summed E-state index contributed by atoms with van der Waals surface area (Å²) in [4.78, 5) is 31.0. The molecule has 0 saturated heterocycles. The number of benzene rings is 1. The van der Waals surface area contributed by atoms with Crippen LogP contribution in [0.3, 0.4) is 0 Å². The molecule has 0 fully saturated rings. The molecule has 6 nitrogen and oxygen atoms in total. The van der Waals surface area contributed by atoms with Gasteiger partial charge in [-0.05, 0) is 62.3 Å². The van der Waals surface area contributed by atoms with Crippen LogP contribution in [0.2, 0.25) is 0 Å². The quantitative estimate of drug-likeness (QED) is 0.622. The lowest BCUT2D eigenvalue weighted by Gasteiger charge is -2.37. The second-order valence-corrected chi connectivity index (χ2v) is 10.9. The Morgan fingerprint density at radius 3 is 2.73 bits per heavy atom. The van der Waals surface area contributed by atoms with E-state index in [2.05, 4.69) is 5.32 Å². The zero-order valence-electron chi connectivity index (χ0n) is 20.1. The van der Waals surface area contributed by atoms with Crippen LogP contribution >= 0.6 is 11.3 Å². The molecule has 2 heterocycles. The summed E-state index contributed by atoms with van der Waals surface area (Å²) in [6.45, 7) is 11.1. The Morgan fingerprint density at radius 2 is 2.06 bits per heavy atom. The number of rotatable bonds is 7. The Bertz CT molecular complexity index is 970. The van der Waals surface area contributed by atoms with E-state index in [4.69, 9.17) is 4.74 Å². The number of hydrogen-bond donors (Lipinski definition) is 1. The highest BCUT2D eigenvalue weighted by Crippen LogP contribution is 2.34. The molecule has 0 radical (unpaired) electrons.